The zero-order chi connectivity index (χ0) is 22.8. The Balaban J connectivity index is 1.42. The Morgan fingerprint density at radius 3 is 2.45 bits per heavy atom. The van der Waals surface area contributed by atoms with Gasteiger partial charge in [0.15, 0.2) is 5.82 Å². The van der Waals surface area contributed by atoms with Crippen LogP contribution in [0.1, 0.15) is 23.2 Å². The SMILES string of the molecule is O=C(c1cnn(-c2ccc(F)cc2)c1-n1cccc1)N1CCCC(C(=O)N2CCOCC2)C1. The molecule has 0 saturated carbocycles. The maximum absolute atomic E-state index is 13.6. The fraction of sp³-hybridized carbons (Fsp3) is 0.375. The van der Waals surface area contributed by atoms with Gasteiger partial charge in [-0.3, -0.25) is 9.59 Å². The van der Waals surface area contributed by atoms with Crippen molar-refractivity contribution in [2.24, 2.45) is 5.92 Å². The third-order valence-electron chi connectivity index (χ3n) is 6.28. The fourth-order valence-electron chi connectivity index (χ4n) is 4.56. The van der Waals surface area contributed by atoms with Crippen LogP contribution in [0.2, 0.25) is 0 Å². The molecule has 1 aromatic carbocycles. The molecule has 5 rings (SSSR count). The Hall–Kier alpha value is -3.46. The van der Waals surface area contributed by atoms with Crippen LogP contribution in [0.3, 0.4) is 0 Å². The summed E-state index contributed by atoms with van der Waals surface area (Å²) in [6.45, 7) is 3.31. The minimum absolute atomic E-state index is 0.100. The summed E-state index contributed by atoms with van der Waals surface area (Å²) in [6.07, 6.45) is 6.79. The van der Waals surface area contributed by atoms with E-state index in [1.165, 1.54) is 12.1 Å². The Kier molecular flexibility index (Phi) is 5.95. The maximum atomic E-state index is 13.6. The second kappa shape index (κ2) is 9.19. The van der Waals surface area contributed by atoms with E-state index in [2.05, 4.69) is 5.10 Å². The van der Waals surface area contributed by atoms with Crippen molar-refractivity contribution in [1.82, 2.24) is 24.1 Å². The quantitative estimate of drug-likeness (QED) is 0.611. The molecule has 0 bridgehead atoms. The average Bonchev–Trinajstić information content (AvgIpc) is 3.54. The lowest BCUT2D eigenvalue weighted by atomic mass is 9.96. The first-order valence-corrected chi connectivity index (χ1v) is 11.2. The van der Waals surface area contributed by atoms with Gasteiger partial charge in [0.25, 0.3) is 5.91 Å². The van der Waals surface area contributed by atoms with Crippen LogP contribution in [0.25, 0.3) is 11.5 Å². The molecule has 0 aliphatic carbocycles. The highest BCUT2D eigenvalue weighted by atomic mass is 19.1. The number of carbonyl (C=O) groups is 2. The monoisotopic (exact) mass is 451 g/mol. The number of amides is 2. The van der Waals surface area contributed by atoms with Crippen LogP contribution in [0.4, 0.5) is 4.39 Å². The van der Waals surface area contributed by atoms with Gasteiger partial charge in [-0.2, -0.15) is 5.10 Å². The van der Waals surface area contributed by atoms with Crippen LogP contribution in [-0.2, 0) is 9.53 Å². The predicted octanol–water partition coefficient (Wildman–Crippen LogP) is 2.51. The van der Waals surface area contributed by atoms with Crippen molar-refractivity contribution in [2.45, 2.75) is 12.8 Å². The van der Waals surface area contributed by atoms with Crippen LogP contribution in [-0.4, -0.2) is 75.4 Å². The lowest BCUT2D eigenvalue weighted by Gasteiger charge is -2.36. The smallest absolute Gasteiger partial charge is 0.259 e. The molecule has 0 radical (unpaired) electrons. The van der Waals surface area contributed by atoms with Crippen LogP contribution in [0, 0.1) is 11.7 Å². The number of nitrogens with zero attached hydrogens (tertiary/aromatic N) is 5. The molecule has 9 heteroatoms. The van der Waals surface area contributed by atoms with E-state index in [1.54, 1.807) is 27.9 Å². The summed E-state index contributed by atoms with van der Waals surface area (Å²) in [4.78, 5) is 30.2. The zero-order valence-electron chi connectivity index (χ0n) is 18.3. The van der Waals surface area contributed by atoms with Gasteiger partial charge in [0.1, 0.15) is 11.4 Å². The Labute approximate surface area is 191 Å². The van der Waals surface area contributed by atoms with E-state index in [0.29, 0.717) is 56.5 Å². The van der Waals surface area contributed by atoms with Gasteiger partial charge in [0.2, 0.25) is 5.91 Å². The highest BCUT2D eigenvalue weighted by Crippen LogP contribution is 2.25. The molecular formula is C24H26FN5O3. The molecule has 2 aromatic heterocycles. The number of piperidine rings is 1. The van der Waals surface area contributed by atoms with E-state index >= 15 is 0 Å². The first kappa shape index (κ1) is 21.4. The summed E-state index contributed by atoms with van der Waals surface area (Å²) in [5.74, 6) is -0.0230. The minimum atomic E-state index is -0.339. The molecule has 0 N–H and O–H groups in total. The maximum Gasteiger partial charge on any atom is 0.259 e. The van der Waals surface area contributed by atoms with Crippen LogP contribution in [0.5, 0.6) is 0 Å². The number of ether oxygens (including phenoxy) is 1. The van der Waals surface area contributed by atoms with Crippen molar-refractivity contribution in [2.75, 3.05) is 39.4 Å². The van der Waals surface area contributed by atoms with Gasteiger partial charge in [-0.25, -0.2) is 9.07 Å². The number of benzene rings is 1. The van der Waals surface area contributed by atoms with Crippen molar-refractivity contribution in [1.29, 1.82) is 0 Å². The van der Waals surface area contributed by atoms with Crippen molar-refractivity contribution >= 4 is 11.8 Å². The first-order valence-electron chi connectivity index (χ1n) is 11.2. The Bertz CT molecular complexity index is 1120. The highest BCUT2D eigenvalue weighted by Gasteiger charge is 2.33. The highest BCUT2D eigenvalue weighted by molar-refractivity contribution is 5.97. The topological polar surface area (TPSA) is 72.6 Å². The van der Waals surface area contributed by atoms with Crippen molar-refractivity contribution in [3.05, 3.63) is 66.4 Å². The number of morpholine rings is 1. The van der Waals surface area contributed by atoms with Gasteiger partial charge in [0, 0.05) is 38.6 Å². The molecule has 33 heavy (non-hydrogen) atoms. The van der Waals surface area contributed by atoms with Gasteiger partial charge in [-0.1, -0.05) is 0 Å². The molecule has 0 spiro atoms. The van der Waals surface area contributed by atoms with E-state index in [-0.39, 0.29) is 23.5 Å². The summed E-state index contributed by atoms with van der Waals surface area (Å²) >= 11 is 0. The van der Waals surface area contributed by atoms with E-state index in [0.717, 1.165) is 12.8 Å². The van der Waals surface area contributed by atoms with Gasteiger partial charge < -0.3 is 19.1 Å². The third-order valence-corrected chi connectivity index (χ3v) is 6.28. The van der Waals surface area contributed by atoms with Gasteiger partial charge >= 0.3 is 0 Å². The fourth-order valence-corrected chi connectivity index (χ4v) is 4.56. The van der Waals surface area contributed by atoms with Crippen molar-refractivity contribution in [3.63, 3.8) is 0 Å². The zero-order valence-corrected chi connectivity index (χ0v) is 18.3. The number of carbonyl (C=O) groups excluding carboxylic acids is 2. The summed E-state index contributed by atoms with van der Waals surface area (Å²) in [5.41, 5.74) is 1.09. The van der Waals surface area contributed by atoms with E-state index < -0.39 is 0 Å². The second-order valence-electron chi connectivity index (χ2n) is 8.39. The standard InChI is InChI=1S/C24H26FN5O3/c25-19-5-7-20(8-6-19)30-22(27-9-1-2-10-27)21(16-26-30)24(32)29-11-3-4-18(17-29)23(31)28-12-14-33-15-13-28/h1-2,5-10,16,18H,3-4,11-15,17H2. The molecule has 4 heterocycles. The Morgan fingerprint density at radius 2 is 1.73 bits per heavy atom. The van der Waals surface area contributed by atoms with Crippen LogP contribution >= 0.6 is 0 Å². The Morgan fingerprint density at radius 1 is 1.00 bits per heavy atom. The normalized spacial score (nSPS) is 19.0. The number of likely N-dealkylation sites (tertiary alicyclic amines) is 1. The van der Waals surface area contributed by atoms with Crippen molar-refractivity contribution in [3.8, 4) is 11.5 Å². The largest absolute Gasteiger partial charge is 0.378 e. The molecule has 172 valence electrons. The number of rotatable bonds is 4. The van der Waals surface area contributed by atoms with Gasteiger partial charge in [-0.05, 0) is 49.2 Å². The molecular weight excluding hydrogens is 425 g/mol. The summed E-state index contributed by atoms with van der Waals surface area (Å²) < 4.78 is 22.3. The van der Waals surface area contributed by atoms with Crippen LogP contribution < -0.4 is 0 Å². The lowest BCUT2D eigenvalue weighted by Crippen LogP contribution is -2.49. The van der Waals surface area contributed by atoms with E-state index in [1.807, 2.05) is 34.0 Å². The third kappa shape index (κ3) is 4.28. The van der Waals surface area contributed by atoms with Crippen LogP contribution in [0.15, 0.2) is 55.0 Å². The lowest BCUT2D eigenvalue weighted by molar-refractivity contribution is -0.141. The summed E-state index contributed by atoms with van der Waals surface area (Å²) in [6, 6.07) is 9.72. The average molecular weight is 452 g/mol. The molecule has 2 aliphatic rings. The molecule has 8 nitrogen and oxygen atoms in total. The van der Waals surface area contributed by atoms with E-state index in [9.17, 15) is 14.0 Å². The number of hydrogen-bond donors (Lipinski definition) is 0. The first-order chi connectivity index (χ1) is 16.1. The molecule has 1 atom stereocenters. The number of halogens is 1. The van der Waals surface area contributed by atoms with Crippen molar-refractivity contribution < 1.29 is 18.7 Å². The molecule has 2 amide bonds. The second-order valence-corrected chi connectivity index (χ2v) is 8.39. The van der Waals surface area contributed by atoms with Gasteiger partial charge in [-0.15, -0.1) is 0 Å². The predicted molar refractivity (Wildman–Crippen MR) is 119 cm³/mol. The summed E-state index contributed by atoms with van der Waals surface area (Å²) in [7, 11) is 0. The molecule has 2 fully saturated rings. The number of hydrogen-bond acceptors (Lipinski definition) is 4. The van der Waals surface area contributed by atoms with Gasteiger partial charge in [0.05, 0.1) is 31.0 Å². The molecule has 2 saturated heterocycles. The van der Waals surface area contributed by atoms with E-state index in [4.69, 9.17) is 4.74 Å². The minimum Gasteiger partial charge on any atom is -0.378 e. The molecule has 3 aromatic rings. The molecule has 1 unspecified atom stereocenters. The summed E-state index contributed by atoms with van der Waals surface area (Å²) in [5, 5.41) is 4.45. The molecule has 2 aliphatic heterocycles. The number of aromatic nitrogens is 3.